The van der Waals surface area contributed by atoms with E-state index in [9.17, 15) is 27.1 Å². The summed E-state index contributed by atoms with van der Waals surface area (Å²) in [7, 11) is -4.16. The first-order chi connectivity index (χ1) is 18.5. The zero-order chi connectivity index (χ0) is 27.9. The quantitative estimate of drug-likeness (QED) is 0.220. The molecular weight excluding hydrogens is 546 g/mol. The van der Waals surface area contributed by atoms with Gasteiger partial charge in [-0.25, -0.2) is 22.0 Å². The molecule has 5 rings (SSSR count). The van der Waals surface area contributed by atoms with E-state index in [4.69, 9.17) is 11.6 Å². The third-order valence-electron chi connectivity index (χ3n) is 6.26. The number of benzene rings is 4. The van der Waals surface area contributed by atoms with E-state index in [1.165, 1.54) is 22.8 Å². The first kappa shape index (κ1) is 26.4. The monoisotopic (exact) mass is 566 g/mol. The summed E-state index contributed by atoms with van der Waals surface area (Å²) >= 11 is 6.15. The van der Waals surface area contributed by atoms with Crippen molar-refractivity contribution in [1.29, 1.82) is 0 Å². The summed E-state index contributed by atoms with van der Waals surface area (Å²) in [5, 5.41) is 11.0. The van der Waals surface area contributed by atoms with Crippen molar-refractivity contribution in [2.45, 2.75) is 18.4 Å². The normalized spacial score (nSPS) is 11.6. The Morgan fingerprint density at radius 3 is 2.26 bits per heavy atom. The number of carboxylic acids is 1. The van der Waals surface area contributed by atoms with Crippen LogP contribution in [-0.2, 0) is 16.6 Å². The highest BCUT2D eigenvalue weighted by molar-refractivity contribution is 7.92. The number of aromatic carboxylic acids is 1. The first-order valence-corrected chi connectivity index (χ1v) is 13.6. The maximum atomic E-state index is 14.0. The van der Waals surface area contributed by atoms with Crippen LogP contribution in [0.5, 0.6) is 0 Å². The number of anilines is 1. The number of aromatic nitrogens is 1. The smallest absolute Gasteiger partial charge is 0.354 e. The Hall–Kier alpha value is -4.21. The maximum Gasteiger partial charge on any atom is 0.354 e. The molecule has 1 aromatic heterocycles. The lowest BCUT2D eigenvalue weighted by molar-refractivity contribution is 0.0687. The topological polar surface area (TPSA) is 88.4 Å². The van der Waals surface area contributed by atoms with Crippen molar-refractivity contribution in [3.63, 3.8) is 0 Å². The van der Waals surface area contributed by atoms with E-state index >= 15 is 0 Å². The van der Waals surface area contributed by atoms with Crippen LogP contribution in [0.3, 0.4) is 0 Å². The first-order valence-electron chi connectivity index (χ1n) is 11.7. The molecule has 0 amide bonds. The van der Waals surface area contributed by atoms with Gasteiger partial charge in [0.1, 0.15) is 11.6 Å². The van der Waals surface area contributed by atoms with Gasteiger partial charge in [0, 0.05) is 23.0 Å². The number of nitrogens with one attached hydrogen (secondary N) is 1. The van der Waals surface area contributed by atoms with Gasteiger partial charge in [0.15, 0.2) is 5.69 Å². The van der Waals surface area contributed by atoms with E-state index in [-0.39, 0.29) is 28.4 Å². The molecule has 0 saturated heterocycles. The van der Waals surface area contributed by atoms with E-state index in [0.717, 1.165) is 23.8 Å². The molecule has 0 aliphatic heterocycles. The average molecular weight is 567 g/mol. The molecule has 5 aromatic rings. The third-order valence-corrected chi connectivity index (χ3v) is 7.86. The molecule has 0 saturated carbocycles. The van der Waals surface area contributed by atoms with Crippen molar-refractivity contribution in [3.8, 4) is 11.1 Å². The second-order valence-corrected chi connectivity index (χ2v) is 11.2. The van der Waals surface area contributed by atoms with Gasteiger partial charge < -0.3 is 9.67 Å². The minimum atomic E-state index is -4.16. The fraction of sp³-hybridized carbons (Fsp3) is 0.0690. The number of carbonyl (C=O) groups is 1. The largest absolute Gasteiger partial charge is 0.477 e. The van der Waals surface area contributed by atoms with Crippen molar-refractivity contribution in [3.05, 3.63) is 118 Å². The highest BCUT2D eigenvalue weighted by Crippen LogP contribution is 2.37. The van der Waals surface area contributed by atoms with Crippen molar-refractivity contribution >= 4 is 44.2 Å². The highest BCUT2D eigenvalue weighted by Gasteiger charge is 2.27. The van der Waals surface area contributed by atoms with Gasteiger partial charge >= 0.3 is 5.97 Å². The standard InChI is InChI=1S/C29H21ClF2N2O4S/c1-17-5-8-24(9-6-17)39(37,38)33-27-25-10-7-19(20-12-22(31)15-23(32)13-20)14-26(25)34(28(27)29(35)36)16-18-3-2-4-21(30)11-18/h2-15,33H,16H2,1H3,(H,35,36). The molecule has 0 unspecified atom stereocenters. The Bertz CT molecular complexity index is 1830. The van der Waals surface area contributed by atoms with E-state index in [1.807, 2.05) is 6.92 Å². The molecular formula is C29H21ClF2N2O4S. The van der Waals surface area contributed by atoms with E-state index in [1.54, 1.807) is 48.5 Å². The number of halogens is 3. The lowest BCUT2D eigenvalue weighted by Gasteiger charge is -2.11. The van der Waals surface area contributed by atoms with Crippen LogP contribution in [0.15, 0.2) is 89.8 Å². The maximum absolute atomic E-state index is 14.0. The Kier molecular flexibility index (Phi) is 6.88. The van der Waals surface area contributed by atoms with Gasteiger partial charge in [-0.3, -0.25) is 4.72 Å². The van der Waals surface area contributed by atoms with Crippen LogP contribution in [0.1, 0.15) is 21.6 Å². The average Bonchev–Trinajstić information content (AvgIpc) is 3.15. The minimum Gasteiger partial charge on any atom is -0.477 e. The van der Waals surface area contributed by atoms with Gasteiger partial charge in [-0.1, -0.05) is 53.6 Å². The van der Waals surface area contributed by atoms with Gasteiger partial charge in [0.05, 0.1) is 16.1 Å². The van der Waals surface area contributed by atoms with Gasteiger partial charge in [-0.2, -0.15) is 0 Å². The van der Waals surface area contributed by atoms with Crippen LogP contribution >= 0.6 is 11.6 Å². The zero-order valence-electron chi connectivity index (χ0n) is 20.5. The molecule has 39 heavy (non-hydrogen) atoms. The molecule has 6 nitrogen and oxygen atoms in total. The number of nitrogens with zero attached hydrogens (tertiary/aromatic N) is 1. The third kappa shape index (κ3) is 5.36. The number of hydrogen-bond donors (Lipinski definition) is 2. The minimum absolute atomic E-state index is 0.0336. The van der Waals surface area contributed by atoms with Gasteiger partial charge in [-0.15, -0.1) is 0 Å². The SMILES string of the molecule is Cc1ccc(S(=O)(=O)Nc2c(C(=O)O)n(Cc3cccc(Cl)c3)c3cc(-c4cc(F)cc(F)c4)ccc23)cc1. The number of aryl methyl sites for hydroxylation is 1. The molecule has 0 aliphatic carbocycles. The molecule has 0 aliphatic rings. The molecule has 0 atom stereocenters. The zero-order valence-corrected chi connectivity index (χ0v) is 22.0. The van der Waals surface area contributed by atoms with Crippen molar-refractivity contribution in [1.82, 2.24) is 4.57 Å². The lowest BCUT2D eigenvalue weighted by atomic mass is 10.0. The van der Waals surface area contributed by atoms with Crippen LogP contribution < -0.4 is 4.72 Å². The Balaban J connectivity index is 1.74. The molecule has 198 valence electrons. The summed E-state index contributed by atoms with van der Waals surface area (Å²) in [6.07, 6.45) is 0. The fourth-order valence-corrected chi connectivity index (χ4v) is 5.77. The molecule has 4 aromatic carbocycles. The molecule has 0 radical (unpaired) electrons. The van der Waals surface area contributed by atoms with Gasteiger partial charge in [0.25, 0.3) is 10.0 Å². The number of sulfonamides is 1. The molecule has 10 heteroatoms. The second-order valence-electron chi connectivity index (χ2n) is 9.05. The molecule has 0 fully saturated rings. The number of hydrogen-bond acceptors (Lipinski definition) is 3. The van der Waals surface area contributed by atoms with Crippen LogP contribution in [0.2, 0.25) is 5.02 Å². The summed E-state index contributed by atoms with van der Waals surface area (Å²) in [5.74, 6) is -2.90. The van der Waals surface area contributed by atoms with Crippen LogP contribution in [-0.4, -0.2) is 24.1 Å². The summed E-state index contributed by atoms with van der Waals surface area (Å²) < 4.78 is 58.4. The van der Waals surface area contributed by atoms with Crippen LogP contribution in [0.4, 0.5) is 14.5 Å². The number of fused-ring (bicyclic) bond motifs is 1. The summed E-state index contributed by atoms with van der Waals surface area (Å²) in [4.78, 5) is 12.6. The van der Waals surface area contributed by atoms with Crippen molar-refractivity contribution in [2.24, 2.45) is 0 Å². The van der Waals surface area contributed by atoms with E-state index in [0.29, 0.717) is 27.1 Å². The van der Waals surface area contributed by atoms with E-state index in [2.05, 4.69) is 4.72 Å². The highest BCUT2D eigenvalue weighted by atomic mass is 35.5. The van der Waals surface area contributed by atoms with Crippen molar-refractivity contribution < 1.29 is 27.1 Å². The van der Waals surface area contributed by atoms with Crippen LogP contribution in [0.25, 0.3) is 22.0 Å². The van der Waals surface area contributed by atoms with Crippen LogP contribution in [0, 0.1) is 18.6 Å². The Morgan fingerprint density at radius 2 is 1.62 bits per heavy atom. The predicted molar refractivity (Wildman–Crippen MR) is 147 cm³/mol. The Labute approximate surface area is 228 Å². The summed E-state index contributed by atoms with van der Waals surface area (Å²) in [6.45, 7) is 1.85. The molecule has 2 N–H and O–H groups in total. The summed E-state index contributed by atoms with van der Waals surface area (Å²) in [6, 6.07) is 20.7. The second kappa shape index (κ2) is 10.2. The molecule has 0 spiro atoms. The number of carboxylic acid groups (broad SMARTS) is 1. The van der Waals surface area contributed by atoms with E-state index < -0.39 is 27.6 Å². The van der Waals surface area contributed by atoms with Crippen molar-refractivity contribution in [2.75, 3.05) is 4.72 Å². The molecule has 0 bridgehead atoms. The Morgan fingerprint density at radius 1 is 0.923 bits per heavy atom. The van der Waals surface area contributed by atoms with Gasteiger partial charge in [-0.05, 0) is 66.1 Å². The molecule has 1 heterocycles. The lowest BCUT2D eigenvalue weighted by Crippen LogP contribution is -2.17. The summed E-state index contributed by atoms with van der Waals surface area (Å²) in [5.41, 5.74) is 2.09. The fourth-order valence-electron chi connectivity index (χ4n) is 4.47. The predicted octanol–water partition coefficient (Wildman–Crippen LogP) is 7.10. The number of rotatable bonds is 7. The van der Waals surface area contributed by atoms with Gasteiger partial charge in [0.2, 0.25) is 0 Å².